The van der Waals surface area contributed by atoms with Gasteiger partial charge in [-0.2, -0.15) is 0 Å². The van der Waals surface area contributed by atoms with E-state index in [1.807, 2.05) is 41.1 Å². The number of fused-ring (bicyclic) bond motifs is 2. The van der Waals surface area contributed by atoms with Crippen LogP contribution in [0.15, 0.2) is 30.5 Å². The van der Waals surface area contributed by atoms with E-state index in [0.717, 1.165) is 87.5 Å². The van der Waals surface area contributed by atoms with E-state index in [-0.39, 0.29) is 24.9 Å². The van der Waals surface area contributed by atoms with Crippen molar-refractivity contribution in [2.24, 2.45) is 0 Å². The molecule has 2 amide bonds. The van der Waals surface area contributed by atoms with Gasteiger partial charge in [0.1, 0.15) is 0 Å². The largest absolute Gasteiger partial charge is 0.352 e. The number of thiazole rings is 2. The highest BCUT2D eigenvalue weighted by atomic mass is 32.1. The zero-order chi connectivity index (χ0) is 26.8. The second kappa shape index (κ2) is 11.4. The molecule has 0 aliphatic carbocycles. The Morgan fingerprint density at radius 1 is 0.846 bits per heavy atom. The van der Waals surface area contributed by atoms with Crippen molar-refractivity contribution < 1.29 is 9.59 Å². The highest BCUT2D eigenvalue weighted by Gasteiger charge is 2.22. The molecule has 5 heterocycles. The minimum Gasteiger partial charge on any atom is -0.352 e. The van der Waals surface area contributed by atoms with Gasteiger partial charge < -0.3 is 20.4 Å². The molecule has 10 nitrogen and oxygen atoms in total. The molecule has 2 N–H and O–H groups in total. The molecule has 204 valence electrons. The Hall–Kier alpha value is -3.35. The fourth-order valence-electron chi connectivity index (χ4n) is 5.15. The normalized spacial score (nSPS) is 16.3. The van der Waals surface area contributed by atoms with E-state index < -0.39 is 0 Å². The maximum atomic E-state index is 12.9. The summed E-state index contributed by atoms with van der Waals surface area (Å²) in [6.07, 6.45) is 4.00. The first kappa shape index (κ1) is 25.9. The van der Waals surface area contributed by atoms with E-state index >= 15 is 0 Å². The maximum absolute atomic E-state index is 12.9. The van der Waals surface area contributed by atoms with Crippen molar-refractivity contribution in [1.29, 1.82) is 0 Å². The van der Waals surface area contributed by atoms with Crippen LogP contribution < -0.4 is 10.6 Å². The van der Waals surface area contributed by atoms with Crippen LogP contribution in [0.5, 0.6) is 0 Å². The molecule has 0 saturated carbocycles. The van der Waals surface area contributed by atoms with Crippen molar-refractivity contribution in [3.8, 4) is 0 Å². The number of aromatic nitrogens is 3. The number of likely N-dealkylation sites (tertiary alicyclic amines) is 1. The first-order valence-electron chi connectivity index (χ1n) is 13.4. The number of hydrogen-bond acceptors (Lipinski definition) is 10. The molecule has 0 unspecified atom stereocenters. The number of aryl methyl sites for hydroxylation is 1. The third-order valence-electron chi connectivity index (χ3n) is 7.36. The van der Waals surface area contributed by atoms with Crippen LogP contribution in [0, 0.1) is 6.92 Å². The second-order valence-corrected chi connectivity index (χ2v) is 12.1. The summed E-state index contributed by atoms with van der Waals surface area (Å²) in [7, 11) is 0. The summed E-state index contributed by atoms with van der Waals surface area (Å²) in [5, 5.41) is 7.95. The van der Waals surface area contributed by atoms with Gasteiger partial charge in [0.05, 0.1) is 39.2 Å². The molecular formula is C27H32N8O2S2. The number of hydrogen-bond donors (Lipinski definition) is 2. The number of nitrogens with one attached hydrogen (secondary N) is 2. The fraction of sp³-hybridized carbons (Fsp3) is 0.444. The van der Waals surface area contributed by atoms with Gasteiger partial charge >= 0.3 is 0 Å². The van der Waals surface area contributed by atoms with Crippen LogP contribution in [0.3, 0.4) is 0 Å². The third kappa shape index (κ3) is 5.82. The molecule has 0 atom stereocenters. The molecule has 2 saturated heterocycles. The molecule has 2 aliphatic heterocycles. The quantitative estimate of drug-likeness (QED) is 0.336. The van der Waals surface area contributed by atoms with Crippen molar-refractivity contribution in [2.75, 3.05) is 63.0 Å². The van der Waals surface area contributed by atoms with Gasteiger partial charge in [-0.15, -0.1) is 0 Å². The van der Waals surface area contributed by atoms with Crippen molar-refractivity contribution in [3.05, 3.63) is 41.7 Å². The molecule has 4 aromatic rings. The summed E-state index contributed by atoms with van der Waals surface area (Å²) in [5.41, 5.74) is 3.87. The molecule has 3 aromatic heterocycles. The second-order valence-electron chi connectivity index (χ2n) is 10.0. The van der Waals surface area contributed by atoms with Crippen LogP contribution in [0.2, 0.25) is 0 Å². The van der Waals surface area contributed by atoms with Crippen LogP contribution in [-0.2, 0) is 16.1 Å². The summed E-state index contributed by atoms with van der Waals surface area (Å²) in [6, 6.07) is 8.07. The van der Waals surface area contributed by atoms with E-state index in [0.29, 0.717) is 13.1 Å². The molecule has 1 aromatic carbocycles. The minimum atomic E-state index is 0.0882. The summed E-state index contributed by atoms with van der Waals surface area (Å²) in [4.78, 5) is 45.3. The van der Waals surface area contributed by atoms with Crippen LogP contribution in [-0.4, -0.2) is 93.8 Å². The number of piperazine rings is 1. The third-order valence-corrected chi connectivity index (χ3v) is 9.28. The average Bonchev–Trinajstić information content (AvgIpc) is 3.72. The van der Waals surface area contributed by atoms with Crippen molar-refractivity contribution >= 4 is 65.2 Å². The summed E-state index contributed by atoms with van der Waals surface area (Å²) in [6.45, 7) is 8.17. The van der Waals surface area contributed by atoms with E-state index in [9.17, 15) is 9.59 Å². The number of pyridine rings is 1. The Kier molecular flexibility index (Phi) is 7.58. The Labute approximate surface area is 235 Å². The minimum absolute atomic E-state index is 0.0882. The van der Waals surface area contributed by atoms with Gasteiger partial charge in [-0.05, 0) is 38.0 Å². The first-order chi connectivity index (χ1) is 19.0. The number of carbonyl (C=O) groups is 2. The highest BCUT2D eigenvalue weighted by molar-refractivity contribution is 7.24. The average molecular weight is 565 g/mol. The van der Waals surface area contributed by atoms with Gasteiger partial charge in [-0.25, -0.2) is 9.97 Å². The van der Waals surface area contributed by atoms with Crippen LogP contribution in [0.1, 0.15) is 24.1 Å². The first-order valence-corrected chi connectivity index (χ1v) is 15.0. The maximum Gasteiger partial charge on any atom is 0.242 e. The van der Waals surface area contributed by atoms with Crippen LogP contribution in [0.25, 0.3) is 20.4 Å². The summed E-state index contributed by atoms with van der Waals surface area (Å²) < 4.78 is 2.12. The van der Waals surface area contributed by atoms with E-state index in [1.165, 1.54) is 0 Å². The van der Waals surface area contributed by atoms with Crippen LogP contribution >= 0.6 is 22.7 Å². The summed E-state index contributed by atoms with van der Waals surface area (Å²) in [5.74, 6) is 0.216. The van der Waals surface area contributed by atoms with E-state index in [1.54, 1.807) is 22.7 Å². The van der Waals surface area contributed by atoms with Gasteiger partial charge in [0, 0.05) is 57.6 Å². The molecule has 12 heteroatoms. The smallest absolute Gasteiger partial charge is 0.242 e. The molecule has 39 heavy (non-hydrogen) atoms. The van der Waals surface area contributed by atoms with Gasteiger partial charge in [0.15, 0.2) is 10.3 Å². The lowest BCUT2D eigenvalue weighted by Crippen LogP contribution is -2.49. The highest BCUT2D eigenvalue weighted by Crippen LogP contribution is 2.37. The van der Waals surface area contributed by atoms with E-state index in [4.69, 9.17) is 9.97 Å². The molecule has 0 spiro atoms. The monoisotopic (exact) mass is 564 g/mol. The Balaban J connectivity index is 1.04. The van der Waals surface area contributed by atoms with Crippen molar-refractivity contribution in [1.82, 2.24) is 29.7 Å². The SMILES string of the molecule is Cc1c2nc(NCC(=O)N3CCCC3)sc2cc2sc(NCC(=O)N3CCN(Cc4ccccn4)CC3)nc12. The van der Waals surface area contributed by atoms with E-state index in [2.05, 4.69) is 26.6 Å². The topological polar surface area (TPSA) is 107 Å². The van der Waals surface area contributed by atoms with Crippen molar-refractivity contribution in [2.45, 2.75) is 26.3 Å². The van der Waals surface area contributed by atoms with Crippen LogP contribution in [0.4, 0.5) is 10.3 Å². The number of anilines is 2. The van der Waals surface area contributed by atoms with Gasteiger partial charge in [0.25, 0.3) is 0 Å². The molecule has 2 fully saturated rings. The number of carbonyl (C=O) groups excluding carboxylic acids is 2. The Morgan fingerprint density at radius 2 is 1.44 bits per heavy atom. The lowest BCUT2D eigenvalue weighted by Gasteiger charge is -2.34. The van der Waals surface area contributed by atoms with Gasteiger partial charge in [-0.1, -0.05) is 28.7 Å². The molecular weight excluding hydrogens is 532 g/mol. The number of nitrogens with zero attached hydrogens (tertiary/aromatic N) is 6. The molecule has 2 aliphatic rings. The van der Waals surface area contributed by atoms with Gasteiger partial charge in [0.2, 0.25) is 11.8 Å². The number of amides is 2. The fourth-order valence-corrected chi connectivity index (χ4v) is 7.15. The standard InChI is InChI=1S/C27H32N8O2S2/c1-18-24-20(38-26(31-24)29-15-22(36)34-8-4-5-9-34)14-21-25(18)32-27(39-21)30-16-23(37)35-12-10-33(11-13-35)17-19-6-2-3-7-28-19/h2-3,6-7,14H,4-5,8-13,15-17H2,1H3,(H,29,31)(H,30,32). The summed E-state index contributed by atoms with van der Waals surface area (Å²) >= 11 is 3.10. The zero-order valence-corrected chi connectivity index (χ0v) is 23.6. The lowest BCUT2D eigenvalue weighted by atomic mass is 10.2. The molecule has 0 radical (unpaired) electrons. The predicted molar refractivity (Wildman–Crippen MR) is 156 cm³/mol. The number of benzene rings is 1. The van der Waals surface area contributed by atoms with Gasteiger partial charge in [-0.3, -0.25) is 19.5 Å². The zero-order valence-electron chi connectivity index (χ0n) is 22.0. The lowest BCUT2D eigenvalue weighted by molar-refractivity contribution is -0.131. The predicted octanol–water partition coefficient (Wildman–Crippen LogP) is 3.40. The Bertz CT molecular complexity index is 1470. The molecule has 6 rings (SSSR count). The number of rotatable bonds is 8. The Morgan fingerprint density at radius 3 is 2.00 bits per heavy atom. The molecule has 0 bridgehead atoms. The van der Waals surface area contributed by atoms with Crippen molar-refractivity contribution in [3.63, 3.8) is 0 Å².